The van der Waals surface area contributed by atoms with Crippen LogP contribution >= 0.6 is 0 Å². The summed E-state index contributed by atoms with van der Waals surface area (Å²) in [5.41, 5.74) is 0.737. The number of ether oxygens (including phenoxy) is 3. The van der Waals surface area contributed by atoms with Crippen molar-refractivity contribution < 1.29 is 24.1 Å². The topological polar surface area (TPSA) is 65.0 Å². The zero-order chi connectivity index (χ0) is 15.5. The molecule has 1 N–H and O–H groups in total. The molecule has 0 radical (unpaired) electrons. The Balaban J connectivity index is 2.52. The summed E-state index contributed by atoms with van der Waals surface area (Å²) in [7, 11) is 1.55. The fraction of sp³-hybridized carbons (Fsp3) is 0.438. The highest BCUT2D eigenvalue weighted by molar-refractivity contribution is 5.85. The van der Waals surface area contributed by atoms with Crippen LogP contribution in [-0.2, 0) is 9.53 Å². The first-order valence-electron chi connectivity index (χ1n) is 6.97. The van der Waals surface area contributed by atoms with Crippen molar-refractivity contribution >= 4 is 12.0 Å². The summed E-state index contributed by atoms with van der Waals surface area (Å²) >= 11 is 0. The lowest BCUT2D eigenvalue weighted by molar-refractivity contribution is -0.131. The van der Waals surface area contributed by atoms with Crippen molar-refractivity contribution in [3.8, 4) is 11.5 Å². The van der Waals surface area contributed by atoms with Crippen LogP contribution in [-0.4, -0.2) is 38.0 Å². The fourth-order valence-electron chi connectivity index (χ4n) is 1.63. The monoisotopic (exact) mass is 294 g/mol. The molecule has 0 bridgehead atoms. The molecule has 5 nitrogen and oxygen atoms in total. The highest BCUT2D eigenvalue weighted by atomic mass is 16.5. The smallest absolute Gasteiger partial charge is 0.328 e. The molecule has 116 valence electrons. The molecule has 1 aromatic rings. The number of carbonyl (C=O) groups is 1. The van der Waals surface area contributed by atoms with Gasteiger partial charge in [-0.25, -0.2) is 4.79 Å². The van der Waals surface area contributed by atoms with Gasteiger partial charge < -0.3 is 19.3 Å². The normalized spacial score (nSPS) is 10.8. The molecule has 0 aliphatic heterocycles. The van der Waals surface area contributed by atoms with E-state index in [0.29, 0.717) is 24.7 Å². The molecule has 0 amide bonds. The van der Waals surface area contributed by atoms with Crippen molar-refractivity contribution in [1.82, 2.24) is 0 Å². The molecule has 0 saturated heterocycles. The summed E-state index contributed by atoms with van der Waals surface area (Å²) in [6.45, 7) is 3.84. The van der Waals surface area contributed by atoms with Gasteiger partial charge in [0.1, 0.15) is 6.61 Å². The second kappa shape index (κ2) is 9.83. The molecule has 0 aromatic heterocycles. The summed E-state index contributed by atoms with van der Waals surface area (Å²) in [6, 6.07) is 5.26. The fourth-order valence-corrected chi connectivity index (χ4v) is 1.63. The van der Waals surface area contributed by atoms with Crippen molar-refractivity contribution in [3.63, 3.8) is 0 Å². The maximum absolute atomic E-state index is 10.5. The van der Waals surface area contributed by atoms with Crippen LogP contribution in [0.3, 0.4) is 0 Å². The first-order valence-corrected chi connectivity index (χ1v) is 6.97. The van der Waals surface area contributed by atoms with Crippen LogP contribution in [0, 0.1) is 0 Å². The third-order valence-corrected chi connectivity index (χ3v) is 2.73. The van der Waals surface area contributed by atoms with Crippen LogP contribution < -0.4 is 9.47 Å². The molecule has 0 atom stereocenters. The van der Waals surface area contributed by atoms with Gasteiger partial charge in [0.05, 0.1) is 13.7 Å². The molecule has 5 heteroatoms. The predicted molar refractivity (Wildman–Crippen MR) is 80.9 cm³/mol. The van der Waals surface area contributed by atoms with E-state index in [0.717, 1.165) is 31.1 Å². The number of rotatable bonds is 10. The first kappa shape index (κ1) is 17.0. The van der Waals surface area contributed by atoms with Gasteiger partial charge in [-0.3, -0.25) is 0 Å². The van der Waals surface area contributed by atoms with Crippen molar-refractivity contribution in [2.24, 2.45) is 0 Å². The number of hydrogen-bond donors (Lipinski definition) is 1. The van der Waals surface area contributed by atoms with Crippen LogP contribution in [0.1, 0.15) is 25.3 Å². The predicted octanol–water partition coefficient (Wildman–Crippen LogP) is 2.99. The van der Waals surface area contributed by atoms with Gasteiger partial charge in [-0.2, -0.15) is 0 Å². The number of methoxy groups -OCH3 is 1. The molecule has 0 aliphatic carbocycles. The second-order valence-electron chi connectivity index (χ2n) is 4.40. The number of carboxylic acids is 1. The Morgan fingerprint density at radius 1 is 1.24 bits per heavy atom. The Bertz CT molecular complexity index is 468. The van der Waals surface area contributed by atoms with Gasteiger partial charge in [0.25, 0.3) is 0 Å². The molecule has 1 aromatic carbocycles. The summed E-state index contributed by atoms with van der Waals surface area (Å²) in [6.07, 6.45) is 4.74. The lowest BCUT2D eigenvalue weighted by Gasteiger charge is -2.11. The van der Waals surface area contributed by atoms with Crippen LogP contribution in [0.5, 0.6) is 11.5 Å². The molecule has 0 spiro atoms. The molecule has 0 unspecified atom stereocenters. The Morgan fingerprint density at radius 2 is 2.05 bits per heavy atom. The number of aliphatic carboxylic acids is 1. The molecule has 0 heterocycles. The zero-order valence-corrected chi connectivity index (χ0v) is 12.5. The van der Waals surface area contributed by atoms with Crippen molar-refractivity contribution in [2.45, 2.75) is 19.8 Å². The van der Waals surface area contributed by atoms with E-state index >= 15 is 0 Å². The summed E-state index contributed by atoms with van der Waals surface area (Å²) in [5.74, 6) is 0.193. The molecule has 0 saturated carbocycles. The molecule has 21 heavy (non-hydrogen) atoms. The van der Waals surface area contributed by atoms with Gasteiger partial charge >= 0.3 is 5.97 Å². The minimum Gasteiger partial charge on any atom is -0.493 e. The van der Waals surface area contributed by atoms with Gasteiger partial charge in [0.15, 0.2) is 11.5 Å². The van der Waals surface area contributed by atoms with Crippen molar-refractivity contribution in [1.29, 1.82) is 0 Å². The van der Waals surface area contributed by atoms with Gasteiger partial charge in [0, 0.05) is 12.7 Å². The maximum Gasteiger partial charge on any atom is 0.328 e. The summed E-state index contributed by atoms with van der Waals surface area (Å²) in [5, 5.41) is 8.60. The van der Waals surface area contributed by atoms with E-state index in [1.807, 2.05) is 0 Å². The summed E-state index contributed by atoms with van der Waals surface area (Å²) < 4.78 is 16.3. The van der Waals surface area contributed by atoms with E-state index in [1.54, 1.807) is 25.3 Å². The van der Waals surface area contributed by atoms with Crippen LogP contribution in [0.2, 0.25) is 0 Å². The lowest BCUT2D eigenvalue weighted by atomic mass is 10.2. The van der Waals surface area contributed by atoms with E-state index in [2.05, 4.69) is 6.92 Å². The Labute approximate surface area is 125 Å². The standard InChI is InChI=1S/C16H22O5/c1-3-4-9-20-10-11-21-14-7-5-13(6-8-16(17)18)12-15(14)19-2/h5-8,12H,3-4,9-11H2,1-2H3,(H,17,18). The molecular weight excluding hydrogens is 272 g/mol. The Hall–Kier alpha value is -2.01. The Kier molecular flexibility index (Phi) is 7.97. The van der Waals surface area contributed by atoms with Crippen LogP contribution in [0.15, 0.2) is 24.3 Å². The first-order chi connectivity index (χ1) is 10.2. The van der Waals surface area contributed by atoms with Crippen LogP contribution in [0.4, 0.5) is 0 Å². The molecule has 0 aliphatic rings. The van der Waals surface area contributed by atoms with Gasteiger partial charge in [-0.1, -0.05) is 19.4 Å². The average Bonchev–Trinajstić information content (AvgIpc) is 2.49. The largest absolute Gasteiger partial charge is 0.493 e. The van der Waals surface area contributed by atoms with Crippen LogP contribution in [0.25, 0.3) is 6.08 Å². The minimum atomic E-state index is -0.987. The Morgan fingerprint density at radius 3 is 2.71 bits per heavy atom. The van der Waals surface area contributed by atoms with Crippen molar-refractivity contribution in [3.05, 3.63) is 29.8 Å². The van der Waals surface area contributed by atoms with E-state index in [4.69, 9.17) is 19.3 Å². The van der Waals surface area contributed by atoms with Gasteiger partial charge in [0.2, 0.25) is 0 Å². The molecule has 1 rings (SSSR count). The van der Waals surface area contributed by atoms with E-state index in [9.17, 15) is 4.79 Å². The number of hydrogen-bond acceptors (Lipinski definition) is 4. The number of carboxylic acid groups (broad SMARTS) is 1. The lowest BCUT2D eigenvalue weighted by Crippen LogP contribution is -2.08. The highest BCUT2D eigenvalue weighted by Crippen LogP contribution is 2.28. The van der Waals surface area contributed by atoms with E-state index in [1.165, 1.54) is 6.08 Å². The molecular formula is C16H22O5. The van der Waals surface area contributed by atoms with Gasteiger partial charge in [-0.05, 0) is 30.2 Å². The molecule has 0 fully saturated rings. The summed E-state index contributed by atoms with van der Waals surface area (Å²) in [4.78, 5) is 10.5. The SMILES string of the molecule is CCCCOCCOc1ccc(C=CC(=O)O)cc1OC. The van der Waals surface area contributed by atoms with Gasteiger partial charge in [-0.15, -0.1) is 0 Å². The third kappa shape index (κ3) is 6.81. The van der Waals surface area contributed by atoms with Crippen molar-refractivity contribution in [2.75, 3.05) is 26.9 Å². The number of unbranched alkanes of at least 4 members (excludes halogenated alkanes) is 1. The quantitative estimate of drug-likeness (QED) is 0.531. The average molecular weight is 294 g/mol. The third-order valence-electron chi connectivity index (χ3n) is 2.73. The minimum absolute atomic E-state index is 0.449. The number of benzene rings is 1. The maximum atomic E-state index is 10.5. The zero-order valence-electron chi connectivity index (χ0n) is 12.5. The second-order valence-corrected chi connectivity index (χ2v) is 4.40. The highest BCUT2D eigenvalue weighted by Gasteiger charge is 2.05. The van der Waals surface area contributed by atoms with E-state index < -0.39 is 5.97 Å². The van der Waals surface area contributed by atoms with E-state index in [-0.39, 0.29) is 0 Å².